The van der Waals surface area contributed by atoms with Gasteiger partial charge in [-0.3, -0.25) is 0 Å². The summed E-state index contributed by atoms with van der Waals surface area (Å²) < 4.78 is 17.8. The second-order valence-corrected chi connectivity index (χ2v) is 5.52. The molecule has 2 rings (SSSR count). The van der Waals surface area contributed by atoms with E-state index in [0.29, 0.717) is 0 Å². The first-order valence-electron chi connectivity index (χ1n) is 6.50. The van der Waals surface area contributed by atoms with Gasteiger partial charge in [-0.2, -0.15) is 0 Å². The third-order valence-corrected chi connectivity index (χ3v) is 3.80. The molecule has 0 saturated carbocycles. The van der Waals surface area contributed by atoms with E-state index in [9.17, 15) is 4.39 Å². The smallest absolute Gasteiger partial charge is 0.123 e. The molecule has 0 amide bonds. The quantitative estimate of drug-likeness (QED) is 0.786. The van der Waals surface area contributed by atoms with Crippen molar-refractivity contribution in [1.29, 1.82) is 0 Å². The lowest BCUT2D eigenvalue weighted by atomic mass is 10.2. The van der Waals surface area contributed by atoms with Gasteiger partial charge in [-0.1, -0.05) is 23.9 Å². The normalized spacial score (nSPS) is 10.7. The van der Waals surface area contributed by atoms with Crippen molar-refractivity contribution < 1.29 is 9.13 Å². The monoisotopic (exact) mass is 291 g/mol. The summed E-state index contributed by atoms with van der Waals surface area (Å²) in [5.74, 6) is -0.202. The summed E-state index contributed by atoms with van der Waals surface area (Å²) >= 11 is 1.63. The Hall–Kier alpha value is -1.36. The van der Waals surface area contributed by atoms with Gasteiger partial charge in [-0.25, -0.2) is 4.39 Å². The summed E-state index contributed by atoms with van der Waals surface area (Å²) in [7, 11) is 1.70. The molecule has 0 aliphatic heterocycles. The molecular formula is C16H18FNOS. The van der Waals surface area contributed by atoms with E-state index in [1.807, 2.05) is 0 Å². The predicted octanol–water partition coefficient (Wildman–Crippen LogP) is 3.71. The summed E-state index contributed by atoms with van der Waals surface area (Å²) in [6.07, 6.45) is 0. The van der Waals surface area contributed by atoms with Crippen molar-refractivity contribution >= 4 is 11.8 Å². The average Bonchev–Trinajstić information content (AvgIpc) is 2.48. The zero-order chi connectivity index (χ0) is 14.2. The molecule has 0 bridgehead atoms. The van der Waals surface area contributed by atoms with Crippen molar-refractivity contribution in [2.45, 2.75) is 16.3 Å². The predicted molar refractivity (Wildman–Crippen MR) is 80.5 cm³/mol. The van der Waals surface area contributed by atoms with E-state index in [1.165, 1.54) is 17.7 Å². The minimum absolute atomic E-state index is 0.202. The van der Waals surface area contributed by atoms with E-state index in [1.54, 1.807) is 31.0 Å². The molecular weight excluding hydrogens is 273 g/mol. The van der Waals surface area contributed by atoms with Gasteiger partial charge in [0.1, 0.15) is 5.82 Å². The molecule has 0 unspecified atom stereocenters. The van der Waals surface area contributed by atoms with Crippen LogP contribution in [0.2, 0.25) is 0 Å². The lowest BCUT2D eigenvalue weighted by molar-refractivity contribution is 0.199. The van der Waals surface area contributed by atoms with Gasteiger partial charge in [0.25, 0.3) is 0 Å². The Labute approximate surface area is 123 Å². The fourth-order valence-electron chi connectivity index (χ4n) is 1.72. The van der Waals surface area contributed by atoms with E-state index in [-0.39, 0.29) is 5.82 Å². The summed E-state index contributed by atoms with van der Waals surface area (Å²) in [4.78, 5) is 2.19. The lowest BCUT2D eigenvalue weighted by Gasteiger charge is -2.06. The Morgan fingerprint density at radius 3 is 2.20 bits per heavy atom. The zero-order valence-corrected chi connectivity index (χ0v) is 12.3. The van der Waals surface area contributed by atoms with Gasteiger partial charge in [-0.15, -0.1) is 0 Å². The Morgan fingerprint density at radius 1 is 1.00 bits per heavy atom. The van der Waals surface area contributed by atoms with Crippen molar-refractivity contribution in [2.24, 2.45) is 0 Å². The topological polar surface area (TPSA) is 21.3 Å². The third-order valence-electron chi connectivity index (χ3n) is 2.78. The van der Waals surface area contributed by atoms with E-state index in [4.69, 9.17) is 4.74 Å². The van der Waals surface area contributed by atoms with Gasteiger partial charge in [0.05, 0.1) is 6.61 Å². The second kappa shape index (κ2) is 8.04. The number of rotatable bonds is 7. The number of methoxy groups -OCH3 is 1. The van der Waals surface area contributed by atoms with Crippen LogP contribution < -0.4 is 5.32 Å². The van der Waals surface area contributed by atoms with E-state index >= 15 is 0 Å². The molecule has 4 heteroatoms. The highest BCUT2D eigenvalue weighted by Gasteiger charge is 1.99. The van der Waals surface area contributed by atoms with Crippen LogP contribution in [0.3, 0.4) is 0 Å². The van der Waals surface area contributed by atoms with Crippen LogP contribution in [0.25, 0.3) is 0 Å². The fourth-order valence-corrected chi connectivity index (χ4v) is 2.54. The number of benzene rings is 2. The zero-order valence-electron chi connectivity index (χ0n) is 11.4. The third kappa shape index (κ3) is 4.96. The second-order valence-electron chi connectivity index (χ2n) is 4.37. The molecule has 2 nitrogen and oxygen atoms in total. The first-order chi connectivity index (χ1) is 9.78. The van der Waals surface area contributed by atoms with E-state index < -0.39 is 0 Å². The molecule has 0 radical (unpaired) electrons. The molecule has 106 valence electrons. The number of hydrogen-bond donors (Lipinski definition) is 1. The Morgan fingerprint density at radius 2 is 1.60 bits per heavy atom. The van der Waals surface area contributed by atoms with Crippen LogP contribution in [0, 0.1) is 5.82 Å². The van der Waals surface area contributed by atoms with Crippen LogP contribution in [0.1, 0.15) is 5.56 Å². The van der Waals surface area contributed by atoms with Crippen molar-refractivity contribution in [1.82, 2.24) is 5.32 Å². The molecule has 0 fully saturated rings. The van der Waals surface area contributed by atoms with Crippen molar-refractivity contribution in [3.63, 3.8) is 0 Å². The van der Waals surface area contributed by atoms with Crippen molar-refractivity contribution in [3.05, 3.63) is 59.9 Å². The highest BCUT2D eigenvalue weighted by Crippen LogP contribution is 2.27. The molecule has 2 aromatic rings. The molecule has 0 aliphatic rings. The molecule has 0 aliphatic carbocycles. The maximum absolute atomic E-state index is 12.8. The van der Waals surface area contributed by atoms with E-state index in [2.05, 4.69) is 29.6 Å². The SMILES string of the molecule is COCCNCc1ccc(Sc2ccc(F)cc2)cc1. The Bertz CT molecular complexity index is 513. The van der Waals surface area contributed by atoms with Gasteiger partial charge in [0.2, 0.25) is 0 Å². The van der Waals surface area contributed by atoms with Crippen molar-refractivity contribution in [2.75, 3.05) is 20.3 Å². The number of ether oxygens (including phenoxy) is 1. The van der Waals surface area contributed by atoms with Crippen molar-refractivity contribution in [3.8, 4) is 0 Å². The highest BCUT2D eigenvalue weighted by atomic mass is 32.2. The summed E-state index contributed by atoms with van der Waals surface area (Å²) in [5.41, 5.74) is 1.24. The molecule has 0 spiro atoms. The van der Waals surface area contributed by atoms with Crippen LogP contribution in [0.4, 0.5) is 4.39 Å². The minimum atomic E-state index is -0.202. The highest BCUT2D eigenvalue weighted by molar-refractivity contribution is 7.99. The van der Waals surface area contributed by atoms with Crippen LogP contribution in [-0.4, -0.2) is 20.3 Å². The molecule has 2 aromatic carbocycles. The maximum atomic E-state index is 12.8. The summed E-state index contributed by atoms with van der Waals surface area (Å²) in [6.45, 7) is 2.41. The standard InChI is InChI=1S/C16H18FNOS/c1-19-11-10-18-12-13-2-6-15(7-3-13)20-16-8-4-14(17)5-9-16/h2-9,18H,10-12H2,1H3. The van der Waals surface area contributed by atoms with Crippen LogP contribution in [0.15, 0.2) is 58.3 Å². The van der Waals surface area contributed by atoms with Gasteiger partial charge in [0.15, 0.2) is 0 Å². The summed E-state index contributed by atoms with van der Waals surface area (Å²) in [6, 6.07) is 14.9. The Kier molecular flexibility index (Phi) is 6.05. The molecule has 0 atom stereocenters. The molecule has 20 heavy (non-hydrogen) atoms. The summed E-state index contributed by atoms with van der Waals surface area (Å²) in [5, 5.41) is 3.30. The maximum Gasteiger partial charge on any atom is 0.123 e. The van der Waals surface area contributed by atoms with Crippen LogP contribution in [0.5, 0.6) is 0 Å². The van der Waals surface area contributed by atoms with Gasteiger partial charge >= 0.3 is 0 Å². The number of nitrogens with one attached hydrogen (secondary N) is 1. The number of hydrogen-bond acceptors (Lipinski definition) is 3. The van der Waals surface area contributed by atoms with E-state index in [0.717, 1.165) is 29.5 Å². The van der Waals surface area contributed by atoms with Gasteiger partial charge in [-0.05, 0) is 42.0 Å². The van der Waals surface area contributed by atoms with Gasteiger partial charge in [0, 0.05) is 30.0 Å². The number of halogens is 1. The lowest BCUT2D eigenvalue weighted by Crippen LogP contribution is -2.18. The molecule has 0 heterocycles. The van der Waals surface area contributed by atoms with Gasteiger partial charge < -0.3 is 10.1 Å². The molecule has 1 N–H and O–H groups in total. The Balaban J connectivity index is 1.86. The minimum Gasteiger partial charge on any atom is -0.383 e. The van der Waals surface area contributed by atoms with Crippen LogP contribution >= 0.6 is 11.8 Å². The molecule has 0 aromatic heterocycles. The first-order valence-corrected chi connectivity index (χ1v) is 7.31. The molecule has 0 saturated heterocycles. The average molecular weight is 291 g/mol. The first kappa shape index (κ1) is 15.0. The fraction of sp³-hybridized carbons (Fsp3) is 0.250. The largest absolute Gasteiger partial charge is 0.383 e. The van der Waals surface area contributed by atoms with Crippen LogP contribution in [-0.2, 0) is 11.3 Å².